The van der Waals surface area contributed by atoms with Crippen LogP contribution in [-0.2, 0) is 4.57 Å². The Morgan fingerprint density at radius 3 is 2.22 bits per heavy atom. The summed E-state index contributed by atoms with van der Waals surface area (Å²) in [6.45, 7) is 2.01. The summed E-state index contributed by atoms with van der Waals surface area (Å²) in [5, 5.41) is 0.889. The van der Waals surface area contributed by atoms with Gasteiger partial charge in [0.25, 0.3) is 0 Å². The van der Waals surface area contributed by atoms with E-state index in [1.807, 2.05) is 31.2 Å². The average Bonchev–Trinajstić information content (AvgIpc) is 1.90. The van der Waals surface area contributed by atoms with Crippen molar-refractivity contribution < 1.29 is 4.57 Å². The number of benzene rings is 1. The van der Waals surface area contributed by atoms with Crippen LogP contribution in [0.4, 0.5) is 0 Å². The highest BCUT2D eigenvalue weighted by atomic mass is 31.1. The van der Waals surface area contributed by atoms with Crippen LogP contribution in [0.5, 0.6) is 0 Å². The second-order valence-corrected chi connectivity index (χ2v) is 2.75. The Morgan fingerprint density at radius 2 is 1.78 bits per heavy atom. The molecule has 1 unspecified atom stereocenters. The number of hydrogen-bond acceptors (Lipinski definition) is 1. The first kappa shape index (κ1) is 6.44. The van der Waals surface area contributed by atoms with Crippen LogP contribution in [0.1, 0.15) is 5.56 Å². The van der Waals surface area contributed by atoms with Crippen LogP contribution in [0.3, 0.4) is 0 Å². The van der Waals surface area contributed by atoms with Gasteiger partial charge in [0.05, 0.1) is 8.46 Å². The highest BCUT2D eigenvalue weighted by molar-refractivity contribution is 7.34. The Balaban J connectivity index is 3.01. The molecular formula is C7H8OP. The molecule has 0 aliphatic rings. The van der Waals surface area contributed by atoms with E-state index in [1.165, 1.54) is 5.56 Å². The van der Waals surface area contributed by atoms with Gasteiger partial charge < -0.3 is 0 Å². The lowest BCUT2D eigenvalue weighted by Gasteiger charge is -1.89. The third-order valence-electron chi connectivity index (χ3n) is 1.17. The third kappa shape index (κ3) is 1.62. The Morgan fingerprint density at radius 1 is 1.22 bits per heavy atom. The summed E-state index contributed by atoms with van der Waals surface area (Å²) in [5.74, 6) is 0. The zero-order valence-corrected chi connectivity index (χ0v) is 6.22. The second kappa shape index (κ2) is 2.75. The van der Waals surface area contributed by atoms with Gasteiger partial charge in [-0.15, -0.1) is 0 Å². The molecule has 1 aromatic carbocycles. The van der Waals surface area contributed by atoms with Crippen molar-refractivity contribution in [1.29, 1.82) is 0 Å². The Bertz CT molecular complexity index is 203. The summed E-state index contributed by atoms with van der Waals surface area (Å²) < 4.78 is 10.3. The maximum atomic E-state index is 10.3. The average molecular weight is 139 g/mol. The van der Waals surface area contributed by atoms with E-state index in [9.17, 15) is 4.57 Å². The molecule has 0 saturated heterocycles. The van der Waals surface area contributed by atoms with Crippen LogP contribution in [0.25, 0.3) is 0 Å². The lowest BCUT2D eigenvalue weighted by Crippen LogP contribution is -1.87. The molecular weight excluding hydrogens is 131 g/mol. The topological polar surface area (TPSA) is 17.1 Å². The van der Waals surface area contributed by atoms with E-state index < -0.39 is 0 Å². The Labute approximate surface area is 55.9 Å². The standard InChI is InChI=1S/C7H8OP/c1-6-2-4-7(9-8)5-3-6/h2-5,9H,1H3. The van der Waals surface area contributed by atoms with Crippen LogP contribution >= 0.6 is 8.46 Å². The van der Waals surface area contributed by atoms with Gasteiger partial charge in [0.2, 0.25) is 0 Å². The third-order valence-corrected chi connectivity index (χ3v) is 1.74. The molecule has 0 aromatic heterocycles. The molecule has 0 N–H and O–H groups in total. The van der Waals surface area contributed by atoms with Crippen LogP contribution in [0.15, 0.2) is 24.3 Å². The van der Waals surface area contributed by atoms with Gasteiger partial charge in [-0.05, 0) is 19.1 Å². The predicted octanol–water partition coefficient (Wildman–Crippen LogP) is 1.64. The highest BCUT2D eigenvalue weighted by Crippen LogP contribution is 1.98. The normalized spacial score (nSPS) is 9.89. The van der Waals surface area contributed by atoms with Crippen molar-refractivity contribution in [1.82, 2.24) is 0 Å². The Hall–Kier alpha value is -0.680. The van der Waals surface area contributed by atoms with Gasteiger partial charge in [0, 0.05) is 5.30 Å². The van der Waals surface area contributed by atoms with Gasteiger partial charge in [0.1, 0.15) is 0 Å². The second-order valence-electron chi connectivity index (χ2n) is 1.97. The minimum Gasteiger partial charge on any atom is -0.285 e. The maximum absolute atomic E-state index is 10.3. The zero-order chi connectivity index (χ0) is 6.69. The lowest BCUT2D eigenvalue weighted by atomic mass is 10.2. The molecule has 47 valence electrons. The Kier molecular flexibility index (Phi) is 1.96. The van der Waals surface area contributed by atoms with Gasteiger partial charge in [-0.1, -0.05) is 17.7 Å². The molecule has 0 bridgehead atoms. The maximum Gasteiger partial charge on any atom is 0.0902 e. The van der Waals surface area contributed by atoms with Crippen LogP contribution in [-0.4, -0.2) is 0 Å². The van der Waals surface area contributed by atoms with Crippen LogP contribution in [0, 0.1) is 6.92 Å². The predicted molar refractivity (Wildman–Crippen MR) is 39.8 cm³/mol. The van der Waals surface area contributed by atoms with E-state index in [0.717, 1.165) is 5.30 Å². The van der Waals surface area contributed by atoms with Crippen molar-refractivity contribution in [2.75, 3.05) is 0 Å². The molecule has 0 saturated carbocycles. The van der Waals surface area contributed by atoms with Gasteiger partial charge in [-0.2, -0.15) is 0 Å². The first-order chi connectivity index (χ1) is 4.33. The molecule has 0 aliphatic carbocycles. The van der Waals surface area contributed by atoms with Gasteiger partial charge >= 0.3 is 0 Å². The molecule has 1 radical (unpaired) electrons. The SMILES string of the molecule is Cc1ccc([PH]=O)cc1. The lowest BCUT2D eigenvalue weighted by molar-refractivity contribution is 0.603. The fourth-order valence-electron chi connectivity index (χ4n) is 0.622. The van der Waals surface area contributed by atoms with Gasteiger partial charge in [0.15, 0.2) is 0 Å². The summed E-state index contributed by atoms with van der Waals surface area (Å²) >= 11 is 0. The molecule has 0 heterocycles. The van der Waals surface area contributed by atoms with E-state index in [-0.39, 0.29) is 8.46 Å². The van der Waals surface area contributed by atoms with Gasteiger partial charge in [-0.25, -0.2) is 0 Å². The number of hydrogen-bond donors (Lipinski definition) is 0. The van der Waals surface area contributed by atoms with E-state index in [4.69, 9.17) is 0 Å². The van der Waals surface area contributed by atoms with Crippen LogP contribution < -0.4 is 5.30 Å². The van der Waals surface area contributed by atoms with Crippen molar-refractivity contribution in [3.05, 3.63) is 29.8 Å². The van der Waals surface area contributed by atoms with E-state index in [0.29, 0.717) is 0 Å². The van der Waals surface area contributed by atoms with Crippen molar-refractivity contribution >= 4 is 13.8 Å². The van der Waals surface area contributed by atoms with E-state index in [1.54, 1.807) is 0 Å². The van der Waals surface area contributed by atoms with Crippen LogP contribution in [0.2, 0.25) is 0 Å². The summed E-state index contributed by atoms with van der Waals surface area (Å²) in [7, 11) is -0.324. The largest absolute Gasteiger partial charge is 0.285 e. The van der Waals surface area contributed by atoms with Crippen molar-refractivity contribution in [3.63, 3.8) is 0 Å². The summed E-state index contributed by atoms with van der Waals surface area (Å²) in [6.07, 6.45) is 0. The van der Waals surface area contributed by atoms with E-state index >= 15 is 0 Å². The monoisotopic (exact) mass is 139 g/mol. The smallest absolute Gasteiger partial charge is 0.0902 e. The van der Waals surface area contributed by atoms with Crippen molar-refractivity contribution in [2.45, 2.75) is 6.92 Å². The summed E-state index contributed by atoms with van der Waals surface area (Å²) in [6, 6.07) is 7.67. The molecule has 0 spiro atoms. The fraction of sp³-hybridized carbons (Fsp3) is 0.143. The number of aryl methyl sites for hydroxylation is 1. The quantitative estimate of drug-likeness (QED) is 0.540. The molecule has 2 heteroatoms. The molecule has 9 heavy (non-hydrogen) atoms. The molecule has 1 nitrogen and oxygen atoms in total. The van der Waals surface area contributed by atoms with Crippen molar-refractivity contribution in [3.8, 4) is 0 Å². The molecule has 1 aromatic rings. The minimum absolute atomic E-state index is 0.324. The summed E-state index contributed by atoms with van der Waals surface area (Å²) in [5.41, 5.74) is 1.21. The van der Waals surface area contributed by atoms with E-state index in [2.05, 4.69) is 0 Å². The molecule has 1 atom stereocenters. The molecule has 1 rings (SSSR count). The van der Waals surface area contributed by atoms with Gasteiger partial charge in [-0.3, -0.25) is 4.57 Å². The first-order valence-corrected chi connectivity index (χ1v) is 3.68. The number of rotatable bonds is 1. The highest BCUT2D eigenvalue weighted by Gasteiger charge is 1.84. The minimum atomic E-state index is -0.324. The van der Waals surface area contributed by atoms with Crippen molar-refractivity contribution in [2.24, 2.45) is 0 Å². The fourth-order valence-corrected chi connectivity index (χ4v) is 0.924. The molecule has 0 fully saturated rings. The zero-order valence-electron chi connectivity index (χ0n) is 5.22. The molecule has 0 amide bonds. The first-order valence-electron chi connectivity index (χ1n) is 2.78. The summed E-state index contributed by atoms with van der Waals surface area (Å²) in [4.78, 5) is 0. The molecule has 0 aliphatic heterocycles.